The van der Waals surface area contributed by atoms with Crippen LogP contribution in [0.25, 0.3) is 0 Å². The van der Waals surface area contributed by atoms with Gasteiger partial charge in [-0.15, -0.1) is 11.3 Å². The second-order valence-corrected chi connectivity index (χ2v) is 7.80. The number of aryl methyl sites for hydroxylation is 1. The van der Waals surface area contributed by atoms with Gasteiger partial charge < -0.3 is 20.5 Å². The highest BCUT2D eigenvalue weighted by molar-refractivity contribution is 7.17. The molecule has 0 aliphatic heterocycles. The molecule has 0 saturated carbocycles. The zero-order valence-electron chi connectivity index (χ0n) is 16.3. The zero-order chi connectivity index (χ0) is 20.1. The summed E-state index contributed by atoms with van der Waals surface area (Å²) in [6, 6.07) is 4.97. The number of nitrogens with two attached hydrogens (primary N) is 1. The van der Waals surface area contributed by atoms with Gasteiger partial charge in [0.15, 0.2) is 0 Å². The van der Waals surface area contributed by atoms with Crippen molar-refractivity contribution in [3.8, 4) is 5.75 Å². The lowest BCUT2D eigenvalue weighted by atomic mass is 9.95. The molecule has 150 valence electrons. The van der Waals surface area contributed by atoms with E-state index in [9.17, 15) is 9.59 Å². The summed E-state index contributed by atoms with van der Waals surface area (Å²) < 4.78 is 10.8. The molecule has 0 fully saturated rings. The number of thiophene rings is 1. The number of carbonyl (C=O) groups is 2. The van der Waals surface area contributed by atoms with E-state index in [2.05, 4.69) is 5.32 Å². The van der Waals surface area contributed by atoms with Crippen LogP contribution in [0, 0.1) is 0 Å². The Balaban J connectivity index is 1.85. The minimum Gasteiger partial charge on any atom is -0.491 e. The molecule has 2 aromatic rings. The van der Waals surface area contributed by atoms with E-state index in [4.69, 9.17) is 15.2 Å². The average Bonchev–Trinajstić information content (AvgIpc) is 3.05. The van der Waals surface area contributed by atoms with Crippen LogP contribution in [0.4, 0.5) is 10.7 Å². The number of rotatable bonds is 7. The molecule has 0 atom stereocenters. The summed E-state index contributed by atoms with van der Waals surface area (Å²) in [5, 5.41) is 3.45. The molecule has 0 radical (unpaired) electrons. The first-order valence-electron chi connectivity index (χ1n) is 9.70. The maximum absolute atomic E-state index is 12.8. The van der Waals surface area contributed by atoms with Gasteiger partial charge in [0.1, 0.15) is 10.8 Å². The molecule has 1 aromatic carbocycles. The van der Waals surface area contributed by atoms with Crippen LogP contribution in [0.15, 0.2) is 18.2 Å². The van der Waals surface area contributed by atoms with Crippen molar-refractivity contribution in [1.29, 1.82) is 0 Å². The lowest BCUT2D eigenvalue weighted by molar-refractivity contribution is 0.0526. The Morgan fingerprint density at radius 2 is 2.00 bits per heavy atom. The van der Waals surface area contributed by atoms with Crippen molar-refractivity contribution >= 4 is 33.9 Å². The van der Waals surface area contributed by atoms with Crippen LogP contribution in [0.2, 0.25) is 0 Å². The molecule has 0 saturated heterocycles. The monoisotopic (exact) mass is 402 g/mol. The Morgan fingerprint density at radius 3 is 2.71 bits per heavy atom. The second kappa shape index (κ2) is 9.10. The van der Waals surface area contributed by atoms with Crippen LogP contribution in [0.1, 0.15) is 64.3 Å². The number of esters is 1. The van der Waals surface area contributed by atoms with E-state index in [-0.39, 0.29) is 11.9 Å². The highest BCUT2D eigenvalue weighted by Crippen LogP contribution is 2.39. The number of nitrogen functional groups attached to an aromatic ring is 1. The molecule has 3 N–H and O–H groups in total. The van der Waals surface area contributed by atoms with Crippen LogP contribution in [-0.2, 0) is 17.6 Å². The lowest BCUT2D eigenvalue weighted by Gasteiger charge is -2.12. The molecular formula is C21H26N2O4S. The van der Waals surface area contributed by atoms with Crippen molar-refractivity contribution in [2.75, 3.05) is 24.3 Å². The third kappa shape index (κ3) is 4.30. The molecule has 1 aromatic heterocycles. The maximum Gasteiger partial charge on any atom is 0.341 e. The Morgan fingerprint density at radius 1 is 1.21 bits per heavy atom. The quantitative estimate of drug-likeness (QED) is 0.528. The van der Waals surface area contributed by atoms with E-state index in [1.54, 1.807) is 25.1 Å². The molecule has 1 aliphatic rings. The van der Waals surface area contributed by atoms with Crippen molar-refractivity contribution in [3.63, 3.8) is 0 Å². The van der Waals surface area contributed by atoms with Crippen LogP contribution >= 0.6 is 11.3 Å². The van der Waals surface area contributed by atoms with Gasteiger partial charge in [-0.2, -0.15) is 0 Å². The van der Waals surface area contributed by atoms with E-state index >= 15 is 0 Å². The molecule has 3 rings (SSSR count). The third-order valence-electron chi connectivity index (χ3n) is 4.61. The number of nitrogens with one attached hydrogen (secondary N) is 1. The summed E-state index contributed by atoms with van der Waals surface area (Å²) >= 11 is 1.47. The Kier molecular flexibility index (Phi) is 6.57. The Bertz CT molecular complexity index is 876. The Hall–Kier alpha value is -2.54. The van der Waals surface area contributed by atoms with Gasteiger partial charge in [0, 0.05) is 10.4 Å². The minimum absolute atomic E-state index is 0.298. The molecule has 1 heterocycles. The van der Waals surface area contributed by atoms with E-state index in [0.29, 0.717) is 40.8 Å². The summed E-state index contributed by atoms with van der Waals surface area (Å²) in [6.45, 7) is 4.66. The number of hydrogen-bond donors (Lipinski definition) is 2. The van der Waals surface area contributed by atoms with Gasteiger partial charge in [0.05, 0.1) is 24.5 Å². The topological polar surface area (TPSA) is 90.6 Å². The molecule has 6 nitrogen and oxygen atoms in total. The van der Waals surface area contributed by atoms with Gasteiger partial charge in [-0.1, -0.05) is 6.92 Å². The second-order valence-electron chi connectivity index (χ2n) is 6.69. The average molecular weight is 403 g/mol. The molecule has 0 spiro atoms. The van der Waals surface area contributed by atoms with Gasteiger partial charge >= 0.3 is 5.97 Å². The normalized spacial score (nSPS) is 12.9. The summed E-state index contributed by atoms with van der Waals surface area (Å²) in [5.41, 5.74) is 8.37. The summed E-state index contributed by atoms with van der Waals surface area (Å²) in [5.74, 6) is -0.116. The fourth-order valence-electron chi connectivity index (χ4n) is 3.28. The SMILES string of the molecule is CCCOc1ccc(C(=O)Nc2sc3c(c2C(=O)OCC)CCCC3)cc1N. The summed E-state index contributed by atoms with van der Waals surface area (Å²) in [6.07, 6.45) is 4.78. The zero-order valence-corrected chi connectivity index (χ0v) is 17.1. The molecule has 0 unspecified atom stereocenters. The summed E-state index contributed by atoms with van der Waals surface area (Å²) in [7, 11) is 0. The highest BCUT2D eigenvalue weighted by Gasteiger charge is 2.27. The van der Waals surface area contributed by atoms with Gasteiger partial charge in [0.2, 0.25) is 0 Å². The van der Waals surface area contributed by atoms with E-state index in [1.165, 1.54) is 11.3 Å². The van der Waals surface area contributed by atoms with E-state index in [0.717, 1.165) is 42.5 Å². The minimum atomic E-state index is -0.375. The van der Waals surface area contributed by atoms with Crippen LogP contribution in [-0.4, -0.2) is 25.1 Å². The predicted octanol–water partition coefficient (Wildman–Crippen LogP) is 4.43. The molecule has 0 bridgehead atoms. The van der Waals surface area contributed by atoms with Crippen molar-refractivity contribution in [2.24, 2.45) is 0 Å². The number of anilines is 2. The lowest BCUT2D eigenvalue weighted by Crippen LogP contribution is -2.16. The first kappa shape index (κ1) is 20.2. The number of hydrogen-bond acceptors (Lipinski definition) is 6. The number of fused-ring (bicyclic) bond motifs is 1. The fourth-order valence-corrected chi connectivity index (χ4v) is 4.55. The fraction of sp³-hybridized carbons (Fsp3) is 0.429. The maximum atomic E-state index is 12.8. The van der Waals surface area contributed by atoms with Gasteiger partial charge in [0.25, 0.3) is 5.91 Å². The van der Waals surface area contributed by atoms with Crippen molar-refractivity contribution < 1.29 is 19.1 Å². The summed E-state index contributed by atoms with van der Waals surface area (Å²) in [4.78, 5) is 26.5. The van der Waals surface area contributed by atoms with Crippen molar-refractivity contribution in [2.45, 2.75) is 46.0 Å². The van der Waals surface area contributed by atoms with Gasteiger partial charge in [-0.25, -0.2) is 4.79 Å². The third-order valence-corrected chi connectivity index (χ3v) is 5.82. The first-order chi connectivity index (χ1) is 13.5. The largest absolute Gasteiger partial charge is 0.491 e. The number of amides is 1. The van der Waals surface area contributed by atoms with E-state index in [1.807, 2.05) is 6.92 Å². The predicted molar refractivity (Wildman–Crippen MR) is 112 cm³/mol. The number of benzene rings is 1. The molecule has 1 amide bonds. The standard InChI is InChI=1S/C21H26N2O4S/c1-3-11-27-16-10-9-13(12-15(16)22)19(24)23-20-18(21(25)26-4-2)14-7-5-6-8-17(14)28-20/h9-10,12H,3-8,11,22H2,1-2H3,(H,23,24). The molecule has 28 heavy (non-hydrogen) atoms. The smallest absolute Gasteiger partial charge is 0.341 e. The molecule has 1 aliphatic carbocycles. The van der Waals surface area contributed by atoms with Gasteiger partial charge in [-0.3, -0.25) is 4.79 Å². The van der Waals surface area contributed by atoms with Crippen molar-refractivity contribution in [3.05, 3.63) is 39.8 Å². The van der Waals surface area contributed by atoms with E-state index < -0.39 is 0 Å². The van der Waals surface area contributed by atoms with Crippen LogP contribution in [0.3, 0.4) is 0 Å². The number of ether oxygens (including phenoxy) is 2. The van der Waals surface area contributed by atoms with Crippen molar-refractivity contribution in [1.82, 2.24) is 0 Å². The first-order valence-corrected chi connectivity index (χ1v) is 10.5. The molecular weight excluding hydrogens is 376 g/mol. The van der Waals surface area contributed by atoms with Crippen LogP contribution in [0.5, 0.6) is 5.75 Å². The number of carbonyl (C=O) groups excluding carboxylic acids is 2. The molecule has 7 heteroatoms. The van der Waals surface area contributed by atoms with Crippen LogP contribution < -0.4 is 15.8 Å². The van der Waals surface area contributed by atoms with Gasteiger partial charge in [-0.05, 0) is 62.8 Å². The highest BCUT2D eigenvalue weighted by atomic mass is 32.1. The Labute approximate surface area is 169 Å².